The van der Waals surface area contributed by atoms with Gasteiger partial charge in [0.2, 0.25) is 0 Å². The summed E-state index contributed by atoms with van der Waals surface area (Å²) in [6.07, 6.45) is 3.15. The first-order chi connectivity index (χ1) is 9.97. The average molecular weight is 376 g/mol. The van der Waals surface area contributed by atoms with E-state index in [1.54, 1.807) is 7.11 Å². The summed E-state index contributed by atoms with van der Waals surface area (Å²) < 4.78 is 31.0. The molecule has 0 saturated carbocycles. The number of ether oxygens (including phenoxy) is 1. The standard InChI is InChI=1S/C15H22BrNO3S/c1-17-13(15-5-3-4-8-21(15,18)19)10-11-9-12(16)6-7-14(11)20-2/h6-7,9,13,15,17H,3-5,8,10H2,1-2H3. The number of hydrogen-bond acceptors (Lipinski definition) is 4. The van der Waals surface area contributed by atoms with Gasteiger partial charge in [-0.1, -0.05) is 22.4 Å². The fraction of sp³-hybridized carbons (Fsp3) is 0.600. The molecule has 2 rings (SSSR count). The second-order valence-corrected chi connectivity index (χ2v) is 8.71. The summed E-state index contributed by atoms with van der Waals surface area (Å²) in [6.45, 7) is 0. The predicted molar refractivity (Wildman–Crippen MR) is 88.7 cm³/mol. The quantitative estimate of drug-likeness (QED) is 0.858. The number of nitrogens with one attached hydrogen (secondary N) is 1. The van der Waals surface area contributed by atoms with E-state index in [4.69, 9.17) is 4.74 Å². The van der Waals surface area contributed by atoms with E-state index in [9.17, 15) is 8.42 Å². The van der Waals surface area contributed by atoms with Gasteiger partial charge in [-0.15, -0.1) is 0 Å². The third-order valence-electron chi connectivity index (χ3n) is 4.13. The Kier molecular flexibility index (Phi) is 5.68. The molecule has 1 aromatic rings. The highest BCUT2D eigenvalue weighted by Gasteiger charge is 2.35. The normalized spacial score (nSPS) is 22.7. The molecule has 4 nitrogen and oxygen atoms in total. The van der Waals surface area contributed by atoms with Gasteiger partial charge in [-0.05, 0) is 50.1 Å². The third kappa shape index (κ3) is 3.99. The van der Waals surface area contributed by atoms with Crippen molar-refractivity contribution < 1.29 is 13.2 Å². The van der Waals surface area contributed by atoms with Crippen molar-refractivity contribution in [1.82, 2.24) is 5.32 Å². The molecular weight excluding hydrogens is 354 g/mol. The van der Waals surface area contributed by atoms with E-state index < -0.39 is 9.84 Å². The first-order valence-electron chi connectivity index (χ1n) is 7.19. The number of halogens is 1. The first kappa shape index (κ1) is 16.8. The summed E-state index contributed by atoms with van der Waals surface area (Å²) in [6, 6.07) is 5.74. The molecule has 0 radical (unpaired) electrons. The molecule has 0 aliphatic carbocycles. The summed E-state index contributed by atoms with van der Waals surface area (Å²) in [7, 11) is 0.470. The maximum atomic E-state index is 12.3. The molecule has 1 N–H and O–H groups in total. The molecule has 118 valence electrons. The minimum absolute atomic E-state index is 0.0847. The Balaban J connectivity index is 2.25. The molecule has 2 unspecified atom stereocenters. The van der Waals surface area contributed by atoms with Gasteiger partial charge >= 0.3 is 0 Å². The average Bonchev–Trinajstić information content (AvgIpc) is 2.45. The van der Waals surface area contributed by atoms with Gasteiger partial charge in [0.15, 0.2) is 9.84 Å². The summed E-state index contributed by atoms with van der Waals surface area (Å²) >= 11 is 3.46. The Hall–Kier alpha value is -0.590. The molecule has 1 saturated heterocycles. The van der Waals surface area contributed by atoms with E-state index in [0.717, 1.165) is 35.0 Å². The van der Waals surface area contributed by atoms with Gasteiger partial charge < -0.3 is 10.1 Å². The van der Waals surface area contributed by atoms with Crippen LogP contribution in [0.2, 0.25) is 0 Å². The summed E-state index contributed by atoms with van der Waals surface area (Å²) in [5.41, 5.74) is 1.02. The van der Waals surface area contributed by atoms with Crippen LogP contribution in [0.1, 0.15) is 24.8 Å². The highest BCUT2D eigenvalue weighted by molar-refractivity contribution is 9.10. The maximum Gasteiger partial charge on any atom is 0.154 e. The molecule has 1 aliphatic rings. The molecule has 1 heterocycles. The number of rotatable bonds is 5. The summed E-state index contributed by atoms with van der Waals surface area (Å²) in [5, 5.41) is 2.89. The van der Waals surface area contributed by atoms with Gasteiger partial charge in [0.25, 0.3) is 0 Å². The molecule has 0 amide bonds. The van der Waals surface area contributed by atoms with Crippen LogP contribution in [0.3, 0.4) is 0 Å². The largest absolute Gasteiger partial charge is 0.496 e. The molecular formula is C15H22BrNO3S. The monoisotopic (exact) mass is 375 g/mol. The molecule has 0 spiro atoms. The van der Waals surface area contributed by atoms with E-state index in [2.05, 4.69) is 21.2 Å². The topological polar surface area (TPSA) is 55.4 Å². The van der Waals surface area contributed by atoms with Crippen molar-refractivity contribution in [2.24, 2.45) is 0 Å². The van der Waals surface area contributed by atoms with E-state index in [1.807, 2.05) is 25.2 Å². The van der Waals surface area contributed by atoms with Crippen molar-refractivity contribution in [3.05, 3.63) is 28.2 Å². The van der Waals surface area contributed by atoms with Crippen molar-refractivity contribution >= 4 is 25.8 Å². The molecule has 6 heteroatoms. The Bertz CT molecular complexity index is 589. The SMILES string of the molecule is CNC(Cc1cc(Br)ccc1OC)C1CCCCS1(=O)=O. The highest BCUT2D eigenvalue weighted by Crippen LogP contribution is 2.28. The van der Waals surface area contributed by atoms with Gasteiger partial charge in [-0.3, -0.25) is 0 Å². The maximum absolute atomic E-state index is 12.3. The summed E-state index contributed by atoms with van der Waals surface area (Å²) in [5.74, 6) is 1.11. The van der Waals surface area contributed by atoms with Crippen LogP contribution >= 0.6 is 15.9 Å². The van der Waals surface area contributed by atoms with Gasteiger partial charge in [0.05, 0.1) is 18.1 Å². The zero-order chi connectivity index (χ0) is 15.5. The molecule has 0 bridgehead atoms. The van der Waals surface area contributed by atoms with Gasteiger partial charge in [0, 0.05) is 10.5 Å². The van der Waals surface area contributed by atoms with Crippen LogP contribution in [-0.2, 0) is 16.3 Å². The predicted octanol–water partition coefficient (Wildman–Crippen LogP) is 2.56. The van der Waals surface area contributed by atoms with Crippen LogP contribution < -0.4 is 10.1 Å². The second kappa shape index (κ2) is 7.11. The molecule has 1 aliphatic heterocycles. The summed E-state index contributed by atoms with van der Waals surface area (Å²) in [4.78, 5) is 0. The number of methoxy groups -OCH3 is 1. The Morgan fingerprint density at radius 3 is 2.81 bits per heavy atom. The van der Waals surface area contributed by atoms with Crippen molar-refractivity contribution in [3.8, 4) is 5.75 Å². The fourth-order valence-corrected chi connectivity index (χ4v) is 5.57. The molecule has 21 heavy (non-hydrogen) atoms. The van der Waals surface area contributed by atoms with Gasteiger partial charge in [-0.2, -0.15) is 0 Å². The highest BCUT2D eigenvalue weighted by atomic mass is 79.9. The lowest BCUT2D eigenvalue weighted by Gasteiger charge is -2.30. The Morgan fingerprint density at radius 1 is 1.43 bits per heavy atom. The number of likely N-dealkylation sites (N-methyl/N-ethyl adjacent to an activating group) is 1. The number of hydrogen-bond donors (Lipinski definition) is 1. The van der Waals surface area contributed by atoms with Gasteiger partial charge in [0.1, 0.15) is 5.75 Å². The van der Waals surface area contributed by atoms with Crippen molar-refractivity contribution in [1.29, 1.82) is 0 Å². The van der Waals surface area contributed by atoms with Gasteiger partial charge in [-0.25, -0.2) is 8.42 Å². The zero-order valence-electron chi connectivity index (χ0n) is 12.4. The molecule has 1 aromatic carbocycles. The lowest BCUT2D eigenvalue weighted by Crippen LogP contribution is -2.46. The minimum atomic E-state index is -3.00. The minimum Gasteiger partial charge on any atom is -0.496 e. The lowest BCUT2D eigenvalue weighted by molar-refractivity contribution is 0.401. The van der Waals surface area contributed by atoms with E-state index >= 15 is 0 Å². The molecule has 1 fully saturated rings. The van der Waals surface area contributed by atoms with Crippen LogP contribution in [0.15, 0.2) is 22.7 Å². The van der Waals surface area contributed by atoms with E-state index in [-0.39, 0.29) is 11.3 Å². The van der Waals surface area contributed by atoms with E-state index in [1.165, 1.54) is 0 Å². The fourth-order valence-electron chi connectivity index (χ4n) is 2.99. The van der Waals surface area contributed by atoms with Crippen molar-refractivity contribution in [2.45, 2.75) is 37.0 Å². The van der Waals surface area contributed by atoms with Crippen LogP contribution in [-0.4, -0.2) is 39.6 Å². The van der Waals surface area contributed by atoms with Crippen molar-refractivity contribution in [3.63, 3.8) is 0 Å². The number of benzene rings is 1. The molecule has 0 aromatic heterocycles. The number of sulfone groups is 1. The second-order valence-electron chi connectivity index (χ2n) is 5.46. The Morgan fingerprint density at radius 2 is 2.19 bits per heavy atom. The lowest BCUT2D eigenvalue weighted by atomic mass is 9.99. The zero-order valence-corrected chi connectivity index (χ0v) is 14.8. The smallest absolute Gasteiger partial charge is 0.154 e. The van der Waals surface area contributed by atoms with E-state index in [0.29, 0.717) is 12.2 Å². The Labute approximate surface area is 135 Å². The molecule has 2 atom stereocenters. The van der Waals surface area contributed by atoms with Crippen LogP contribution in [0.5, 0.6) is 5.75 Å². The van der Waals surface area contributed by atoms with Crippen LogP contribution in [0.4, 0.5) is 0 Å². The first-order valence-corrected chi connectivity index (χ1v) is 9.70. The van der Waals surface area contributed by atoms with Crippen LogP contribution in [0.25, 0.3) is 0 Å². The van der Waals surface area contributed by atoms with Crippen molar-refractivity contribution in [2.75, 3.05) is 19.9 Å². The van der Waals surface area contributed by atoms with Crippen LogP contribution in [0, 0.1) is 0 Å². The third-order valence-corrected chi connectivity index (χ3v) is 6.97.